The third-order valence-electron chi connectivity index (χ3n) is 6.29. The molecule has 1 saturated heterocycles. The Balaban J connectivity index is 1.58. The number of aromatic nitrogens is 2. The number of thioether (sulfide) groups is 1. The van der Waals surface area contributed by atoms with Crippen molar-refractivity contribution in [2.75, 3.05) is 25.5 Å². The third kappa shape index (κ3) is 3.43. The highest BCUT2D eigenvalue weighted by Crippen LogP contribution is 2.48. The third-order valence-corrected chi connectivity index (χ3v) is 7.40. The van der Waals surface area contributed by atoms with Crippen LogP contribution in [0.4, 0.5) is 5.69 Å². The van der Waals surface area contributed by atoms with Gasteiger partial charge in [0.25, 0.3) is 0 Å². The maximum Gasteiger partial charge on any atom is 0.160 e. The second-order valence-corrected chi connectivity index (χ2v) is 10.1. The topological polar surface area (TPSA) is 36.7 Å². The van der Waals surface area contributed by atoms with Crippen LogP contribution in [0, 0.1) is 13.8 Å². The first-order chi connectivity index (χ1) is 14.9. The predicted molar refractivity (Wildman–Crippen MR) is 130 cm³/mol. The van der Waals surface area contributed by atoms with E-state index in [2.05, 4.69) is 96.7 Å². The molecule has 0 bridgehead atoms. The van der Waals surface area contributed by atoms with Crippen LogP contribution in [-0.2, 0) is 0 Å². The molecule has 3 atom stereocenters. The summed E-state index contributed by atoms with van der Waals surface area (Å²) in [4.78, 5) is 14.4. The summed E-state index contributed by atoms with van der Waals surface area (Å²) in [6.07, 6.45) is 1.88. The standard InChI is InChI=1S/C25H29N5S/c1-16-14-21(18(3)30(16)20-11-9-19(10-12-20)28(4)5)24-23(22-8-6-7-13-26-22)27-25-29(24)15-17(2)31-25/h6-14,17,23-24H,15H2,1-5H3/t17-,23-,24-/m0/s1. The molecule has 0 spiro atoms. The Morgan fingerprint density at radius 1 is 1.06 bits per heavy atom. The van der Waals surface area contributed by atoms with Crippen LogP contribution in [-0.4, -0.2) is 45.5 Å². The number of nitrogens with zero attached hydrogens (tertiary/aromatic N) is 5. The lowest BCUT2D eigenvalue weighted by atomic mass is 9.96. The van der Waals surface area contributed by atoms with Crippen molar-refractivity contribution in [1.82, 2.24) is 14.5 Å². The van der Waals surface area contributed by atoms with Crippen molar-refractivity contribution in [2.45, 2.75) is 38.1 Å². The van der Waals surface area contributed by atoms with E-state index in [0.717, 1.165) is 17.4 Å². The van der Waals surface area contributed by atoms with Crippen molar-refractivity contribution < 1.29 is 0 Å². The minimum atomic E-state index is 0.0290. The molecule has 0 radical (unpaired) electrons. The molecule has 3 aromatic rings. The number of aliphatic imine (C=N–C) groups is 1. The number of fused-ring (bicyclic) bond motifs is 1. The zero-order valence-electron chi connectivity index (χ0n) is 18.8. The molecule has 5 rings (SSSR count). The summed E-state index contributed by atoms with van der Waals surface area (Å²) in [5.74, 6) is 0. The van der Waals surface area contributed by atoms with E-state index < -0.39 is 0 Å². The molecule has 160 valence electrons. The molecule has 1 aromatic carbocycles. The van der Waals surface area contributed by atoms with Gasteiger partial charge >= 0.3 is 0 Å². The van der Waals surface area contributed by atoms with Gasteiger partial charge in [-0.1, -0.05) is 24.8 Å². The highest BCUT2D eigenvalue weighted by Gasteiger charge is 2.44. The van der Waals surface area contributed by atoms with Crippen molar-refractivity contribution >= 4 is 22.6 Å². The Hall–Kier alpha value is -2.73. The molecule has 4 heterocycles. The van der Waals surface area contributed by atoms with E-state index >= 15 is 0 Å². The monoisotopic (exact) mass is 431 g/mol. The number of benzene rings is 1. The fourth-order valence-corrected chi connectivity index (χ4v) is 5.93. The van der Waals surface area contributed by atoms with Gasteiger partial charge in [0.1, 0.15) is 6.04 Å². The van der Waals surface area contributed by atoms with Gasteiger partial charge in [-0.05, 0) is 61.9 Å². The molecule has 0 amide bonds. The summed E-state index contributed by atoms with van der Waals surface area (Å²) in [6, 6.07) is 17.5. The molecule has 2 aliphatic rings. The number of pyridine rings is 1. The zero-order valence-corrected chi connectivity index (χ0v) is 19.6. The number of anilines is 1. The molecule has 1 fully saturated rings. The highest BCUT2D eigenvalue weighted by molar-refractivity contribution is 8.14. The van der Waals surface area contributed by atoms with Crippen LogP contribution in [0.3, 0.4) is 0 Å². The van der Waals surface area contributed by atoms with Gasteiger partial charge in [-0.15, -0.1) is 0 Å². The van der Waals surface area contributed by atoms with Crippen LogP contribution in [0.1, 0.15) is 41.7 Å². The second kappa shape index (κ2) is 7.75. The van der Waals surface area contributed by atoms with Crippen molar-refractivity contribution in [1.29, 1.82) is 0 Å². The first-order valence-corrected chi connectivity index (χ1v) is 11.7. The van der Waals surface area contributed by atoms with Crippen LogP contribution in [0.2, 0.25) is 0 Å². The quantitative estimate of drug-likeness (QED) is 0.573. The van der Waals surface area contributed by atoms with Gasteiger partial charge in [-0.2, -0.15) is 0 Å². The first kappa shape index (κ1) is 20.2. The molecule has 2 aliphatic heterocycles. The van der Waals surface area contributed by atoms with Crippen LogP contribution < -0.4 is 4.90 Å². The summed E-state index contributed by atoms with van der Waals surface area (Å²) in [7, 11) is 4.15. The fourth-order valence-electron chi connectivity index (χ4n) is 4.84. The van der Waals surface area contributed by atoms with E-state index in [-0.39, 0.29) is 12.1 Å². The summed E-state index contributed by atoms with van der Waals surface area (Å²) in [5.41, 5.74) is 7.32. The minimum Gasteiger partial charge on any atom is -0.378 e. The molecule has 0 N–H and O–H groups in total. The predicted octanol–water partition coefficient (Wildman–Crippen LogP) is 5.14. The maximum absolute atomic E-state index is 5.14. The van der Waals surface area contributed by atoms with Crippen LogP contribution in [0.25, 0.3) is 5.69 Å². The Labute approximate surface area is 188 Å². The smallest absolute Gasteiger partial charge is 0.160 e. The lowest BCUT2D eigenvalue weighted by Gasteiger charge is -2.27. The molecule has 6 heteroatoms. The lowest BCUT2D eigenvalue weighted by Crippen LogP contribution is -2.28. The molecule has 0 aliphatic carbocycles. The average Bonchev–Trinajstić information content (AvgIpc) is 3.38. The molecular weight excluding hydrogens is 402 g/mol. The minimum absolute atomic E-state index is 0.0290. The summed E-state index contributed by atoms with van der Waals surface area (Å²) >= 11 is 1.89. The summed E-state index contributed by atoms with van der Waals surface area (Å²) in [6.45, 7) is 7.75. The highest BCUT2D eigenvalue weighted by atomic mass is 32.2. The van der Waals surface area contributed by atoms with Crippen LogP contribution >= 0.6 is 11.8 Å². The van der Waals surface area contributed by atoms with Crippen LogP contribution in [0.5, 0.6) is 0 Å². The molecule has 2 aromatic heterocycles. The van der Waals surface area contributed by atoms with E-state index in [9.17, 15) is 0 Å². The van der Waals surface area contributed by atoms with Gasteiger partial charge in [0.2, 0.25) is 0 Å². The Bertz CT molecular complexity index is 1120. The van der Waals surface area contributed by atoms with E-state index in [1.807, 2.05) is 24.0 Å². The number of rotatable bonds is 4. The summed E-state index contributed by atoms with van der Waals surface area (Å²) < 4.78 is 2.37. The Kier molecular flexibility index (Phi) is 5.05. The number of hydrogen-bond acceptors (Lipinski definition) is 5. The van der Waals surface area contributed by atoms with E-state index in [0.29, 0.717) is 5.25 Å². The Morgan fingerprint density at radius 3 is 2.52 bits per heavy atom. The molecular formula is C25H29N5S. The maximum atomic E-state index is 5.14. The van der Waals surface area contributed by atoms with Gasteiger partial charge in [-0.3, -0.25) is 9.98 Å². The normalized spacial score (nSPS) is 22.5. The first-order valence-electron chi connectivity index (χ1n) is 10.8. The lowest BCUT2D eigenvalue weighted by molar-refractivity contribution is 0.320. The second-order valence-electron chi connectivity index (χ2n) is 8.71. The molecule has 5 nitrogen and oxygen atoms in total. The van der Waals surface area contributed by atoms with E-state index in [1.165, 1.54) is 28.3 Å². The van der Waals surface area contributed by atoms with Gasteiger partial charge in [0, 0.05) is 54.8 Å². The number of aryl methyl sites for hydroxylation is 1. The Morgan fingerprint density at radius 2 is 1.84 bits per heavy atom. The average molecular weight is 432 g/mol. The van der Waals surface area contributed by atoms with Crippen molar-refractivity contribution in [3.63, 3.8) is 0 Å². The van der Waals surface area contributed by atoms with Gasteiger partial charge in [0.05, 0.1) is 11.7 Å². The van der Waals surface area contributed by atoms with E-state index in [4.69, 9.17) is 4.99 Å². The largest absolute Gasteiger partial charge is 0.378 e. The van der Waals surface area contributed by atoms with Gasteiger partial charge < -0.3 is 14.4 Å². The zero-order chi connectivity index (χ0) is 21.7. The molecule has 0 saturated carbocycles. The summed E-state index contributed by atoms with van der Waals surface area (Å²) in [5, 5.41) is 1.72. The van der Waals surface area contributed by atoms with E-state index in [1.54, 1.807) is 0 Å². The fraction of sp³-hybridized carbons (Fsp3) is 0.360. The molecule has 0 unspecified atom stereocenters. The molecule has 31 heavy (non-hydrogen) atoms. The van der Waals surface area contributed by atoms with Crippen LogP contribution in [0.15, 0.2) is 59.7 Å². The van der Waals surface area contributed by atoms with Crippen molar-refractivity contribution in [3.05, 3.63) is 77.4 Å². The SMILES string of the molecule is Cc1cc([C@H]2[C@H](c3ccccn3)N=C3S[C@@H](C)CN32)c(C)n1-c1ccc(N(C)C)cc1. The number of hydrogen-bond donors (Lipinski definition) is 0. The van der Waals surface area contributed by atoms with Gasteiger partial charge in [-0.25, -0.2) is 0 Å². The van der Waals surface area contributed by atoms with Crippen molar-refractivity contribution in [2.24, 2.45) is 4.99 Å². The number of amidine groups is 1. The van der Waals surface area contributed by atoms with Crippen molar-refractivity contribution in [3.8, 4) is 5.69 Å². The van der Waals surface area contributed by atoms with Gasteiger partial charge in [0.15, 0.2) is 5.17 Å².